The summed E-state index contributed by atoms with van der Waals surface area (Å²) in [7, 11) is 3.36. The summed E-state index contributed by atoms with van der Waals surface area (Å²) in [6.45, 7) is 2.04. The van der Waals surface area contributed by atoms with Gasteiger partial charge in [0.2, 0.25) is 0 Å². The van der Waals surface area contributed by atoms with Gasteiger partial charge in [0.15, 0.2) is 0 Å². The number of ether oxygens (including phenoxy) is 2. The van der Waals surface area contributed by atoms with Crippen molar-refractivity contribution in [3.05, 3.63) is 71.8 Å². The van der Waals surface area contributed by atoms with Crippen molar-refractivity contribution in [2.24, 2.45) is 5.73 Å². The van der Waals surface area contributed by atoms with Gasteiger partial charge >= 0.3 is 11.9 Å². The number of carboxylic acids is 2. The highest BCUT2D eigenvalue weighted by molar-refractivity contribution is 5.89. The monoisotopic (exact) mass is 401 g/mol. The second-order valence-electron chi connectivity index (χ2n) is 6.32. The maximum Gasteiger partial charge on any atom is 0.328 e. The number of carboxylic acid groups (broad SMARTS) is 2. The van der Waals surface area contributed by atoms with Gasteiger partial charge in [0.05, 0.1) is 14.2 Å². The molecule has 0 spiro atoms. The lowest BCUT2D eigenvalue weighted by molar-refractivity contribution is -0.134. The minimum absolute atomic E-state index is 0.138. The number of benzene rings is 2. The van der Waals surface area contributed by atoms with E-state index >= 15 is 0 Å². The molecule has 156 valence electrons. The summed E-state index contributed by atoms with van der Waals surface area (Å²) in [6.07, 6.45) is 2.02. The zero-order valence-electron chi connectivity index (χ0n) is 16.7. The van der Waals surface area contributed by atoms with Gasteiger partial charge in [-0.25, -0.2) is 9.59 Å². The first-order valence-corrected chi connectivity index (χ1v) is 8.94. The summed E-state index contributed by atoms with van der Waals surface area (Å²) in [6, 6.07) is 16.5. The number of hydrogen-bond acceptors (Lipinski definition) is 5. The van der Waals surface area contributed by atoms with Crippen LogP contribution in [-0.2, 0) is 9.59 Å². The quantitative estimate of drug-likeness (QED) is 0.581. The van der Waals surface area contributed by atoms with Crippen LogP contribution in [0.3, 0.4) is 0 Å². The average Bonchev–Trinajstić information content (AvgIpc) is 2.71. The normalized spacial score (nSPS) is 11.5. The molecule has 0 aromatic heterocycles. The zero-order chi connectivity index (χ0) is 21.8. The van der Waals surface area contributed by atoms with Gasteiger partial charge in [-0.15, -0.1) is 0 Å². The van der Waals surface area contributed by atoms with Crippen molar-refractivity contribution in [3.8, 4) is 11.5 Å². The van der Waals surface area contributed by atoms with Gasteiger partial charge < -0.3 is 25.4 Å². The zero-order valence-corrected chi connectivity index (χ0v) is 16.7. The van der Waals surface area contributed by atoms with Crippen LogP contribution in [0.5, 0.6) is 11.5 Å². The van der Waals surface area contributed by atoms with Crippen LogP contribution in [0.1, 0.15) is 30.4 Å². The van der Waals surface area contributed by atoms with Crippen LogP contribution in [-0.4, -0.2) is 42.4 Å². The molecule has 4 N–H and O–H groups in total. The van der Waals surface area contributed by atoms with Crippen LogP contribution in [0.15, 0.2) is 60.7 Å². The second kappa shape index (κ2) is 12.2. The molecule has 0 radical (unpaired) electrons. The van der Waals surface area contributed by atoms with Gasteiger partial charge in [0.25, 0.3) is 0 Å². The van der Waals surface area contributed by atoms with E-state index in [1.165, 1.54) is 11.1 Å². The van der Waals surface area contributed by atoms with Crippen LogP contribution in [0, 0.1) is 0 Å². The molecule has 0 aliphatic heterocycles. The molecule has 0 saturated carbocycles. The average molecular weight is 401 g/mol. The van der Waals surface area contributed by atoms with E-state index in [9.17, 15) is 9.59 Å². The van der Waals surface area contributed by atoms with Crippen molar-refractivity contribution < 1.29 is 29.3 Å². The predicted octanol–water partition coefficient (Wildman–Crippen LogP) is 3.28. The Bertz CT molecular complexity index is 734. The summed E-state index contributed by atoms with van der Waals surface area (Å²) in [5.74, 6) is -0.498. The van der Waals surface area contributed by atoms with Gasteiger partial charge in [-0.1, -0.05) is 24.3 Å². The fourth-order valence-electron chi connectivity index (χ4n) is 2.65. The van der Waals surface area contributed by atoms with Crippen LogP contribution in [0.4, 0.5) is 0 Å². The van der Waals surface area contributed by atoms with Gasteiger partial charge in [-0.05, 0) is 48.7 Å². The largest absolute Gasteiger partial charge is 0.497 e. The molecule has 0 saturated heterocycles. The van der Waals surface area contributed by atoms with E-state index in [4.69, 9.17) is 25.4 Å². The Hall–Kier alpha value is -3.32. The smallest absolute Gasteiger partial charge is 0.328 e. The van der Waals surface area contributed by atoms with E-state index < -0.39 is 11.9 Å². The van der Waals surface area contributed by atoms with E-state index in [1.54, 1.807) is 14.2 Å². The molecule has 0 fully saturated rings. The third kappa shape index (κ3) is 8.94. The molecule has 0 aliphatic rings. The van der Waals surface area contributed by atoms with Gasteiger partial charge in [-0.2, -0.15) is 0 Å². The van der Waals surface area contributed by atoms with Crippen LogP contribution in [0.2, 0.25) is 0 Å². The van der Waals surface area contributed by atoms with E-state index in [-0.39, 0.29) is 12.0 Å². The molecule has 7 heteroatoms. The number of rotatable bonds is 8. The first kappa shape index (κ1) is 23.7. The lowest BCUT2D eigenvalue weighted by Crippen LogP contribution is -2.19. The number of hydrogen-bond donors (Lipinski definition) is 3. The topological polar surface area (TPSA) is 119 Å². The van der Waals surface area contributed by atoms with Crippen molar-refractivity contribution in [1.82, 2.24) is 0 Å². The fourth-order valence-corrected chi connectivity index (χ4v) is 2.65. The van der Waals surface area contributed by atoms with Crippen LogP contribution in [0.25, 0.3) is 0 Å². The maximum atomic E-state index is 9.55. The molecule has 0 amide bonds. The van der Waals surface area contributed by atoms with Crippen molar-refractivity contribution in [3.63, 3.8) is 0 Å². The van der Waals surface area contributed by atoms with E-state index in [1.807, 2.05) is 31.2 Å². The highest BCUT2D eigenvalue weighted by atomic mass is 16.5. The van der Waals surface area contributed by atoms with E-state index in [0.29, 0.717) is 12.2 Å². The highest BCUT2D eigenvalue weighted by Crippen LogP contribution is 2.31. The molecule has 2 rings (SSSR count). The van der Waals surface area contributed by atoms with Gasteiger partial charge in [-0.3, -0.25) is 0 Å². The molecular formula is C22H27NO6. The molecule has 0 bridgehead atoms. The van der Waals surface area contributed by atoms with E-state index in [0.717, 1.165) is 17.9 Å². The first-order chi connectivity index (χ1) is 13.8. The molecule has 1 unspecified atom stereocenters. The Labute approximate surface area is 170 Å². The molecule has 2 aromatic carbocycles. The molecule has 29 heavy (non-hydrogen) atoms. The predicted molar refractivity (Wildman–Crippen MR) is 111 cm³/mol. The Morgan fingerprint density at radius 2 is 1.21 bits per heavy atom. The molecule has 7 nitrogen and oxygen atoms in total. The Balaban J connectivity index is 0.000000447. The third-order valence-corrected chi connectivity index (χ3v) is 4.01. The van der Waals surface area contributed by atoms with Crippen LogP contribution >= 0.6 is 0 Å². The lowest BCUT2D eigenvalue weighted by Gasteiger charge is -2.20. The maximum absolute atomic E-state index is 9.55. The molecular weight excluding hydrogens is 374 g/mol. The summed E-state index contributed by atoms with van der Waals surface area (Å²) < 4.78 is 10.4. The Morgan fingerprint density at radius 3 is 1.45 bits per heavy atom. The minimum Gasteiger partial charge on any atom is -0.497 e. The summed E-state index contributed by atoms with van der Waals surface area (Å²) >= 11 is 0. The van der Waals surface area contributed by atoms with Gasteiger partial charge in [0.1, 0.15) is 11.5 Å². The van der Waals surface area contributed by atoms with Crippen molar-refractivity contribution in [1.29, 1.82) is 0 Å². The highest BCUT2D eigenvalue weighted by Gasteiger charge is 2.16. The Morgan fingerprint density at radius 1 is 0.862 bits per heavy atom. The van der Waals surface area contributed by atoms with Gasteiger partial charge in [0, 0.05) is 24.1 Å². The number of nitrogens with two attached hydrogens (primary N) is 1. The first-order valence-electron chi connectivity index (χ1n) is 8.94. The SMILES string of the molecule is COc1ccc(C(CC(C)N)c2ccc(OC)cc2)cc1.O=C(O)C=CC(=O)O. The summed E-state index contributed by atoms with van der Waals surface area (Å²) in [5.41, 5.74) is 8.53. The van der Waals surface area contributed by atoms with E-state index in [2.05, 4.69) is 24.3 Å². The van der Waals surface area contributed by atoms with Crippen molar-refractivity contribution in [2.45, 2.75) is 25.3 Å². The summed E-state index contributed by atoms with van der Waals surface area (Å²) in [4.78, 5) is 19.1. The third-order valence-electron chi connectivity index (χ3n) is 4.01. The van der Waals surface area contributed by atoms with Crippen molar-refractivity contribution in [2.75, 3.05) is 14.2 Å². The molecule has 1 atom stereocenters. The number of carbonyl (C=O) groups is 2. The van der Waals surface area contributed by atoms with Crippen LogP contribution < -0.4 is 15.2 Å². The summed E-state index contributed by atoms with van der Waals surface area (Å²) in [5, 5.41) is 15.6. The standard InChI is InChI=1S/C18H23NO2.C4H4O4/c1-13(19)12-18(14-4-8-16(20-2)9-5-14)15-6-10-17(21-3)11-7-15;5-3(6)1-2-4(7)8/h4-11,13,18H,12,19H2,1-3H3;1-2H,(H,5,6)(H,7,8). The number of aliphatic carboxylic acids is 2. The minimum atomic E-state index is -1.26. The Kier molecular flexibility index (Phi) is 9.98. The number of methoxy groups -OCH3 is 2. The molecule has 0 aliphatic carbocycles. The molecule has 0 heterocycles. The second-order valence-corrected chi connectivity index (χ2v) is 6.32. The molecule has 2 aromatic rings. The lowest BCUT2D eigenvalue weighted by atomic mass is 9.86. The fraction of sp³-hybridized carbons (Fsp3) is 0.273. The van der Waals surface area contributed by atoms with Crippen molar-refractivity contribution >= 4 is 11.9 Å².